The van der Waals surface area contributed by atoms with Crippen LogP contribution in [0.5, 0.6) is 0 Å². The SMILES string of the molecule is CCOC(=O)Nc1cc(NC(C)CCCN(CC)CC)c2nc(-c3cccs3)c(-c3cccs3)nc2n1. The van der Waals surface area contributed by atoms with Crippen molar-refractivity contribution in [2.45, 2.75) is 46.6 Å². The van der Waals surface area contributed by atoms with E-state index in [2.05, 4.69) is 47.4 Å². The van der Waals surface area contributed by atoms with Crippen molar-refractivity contribution >= 4 is 51.4 Å². The summed E-state index contributed by atoms with van der Waals surface area (Å²) in [4.78, 5) is 31.4. The number of nitrogens with one attached hydrogen (secondary N) is 2. The van der Waals surface area contributed by atoms with Crippen LogP contribution in [0.25, 0.3) is 32.3 Å². The summed E-state index contributed by atoms with van der Waals surface area (Å²) in [6.07, 6.45) is 1.54. The van der Waals surface area contributed by atoms with E-state index in [1.165, 1.54) is 0 Å². The molecule has 0 saturated carbocycles. The lowest BCUT2D eigenvalue weighted by Crippen LogP contribution is -2.25. The van der Waals surface area contributed by atoms with Gasteiger partial charge in [0.15, 0.2) is 5.65 Å². The standard InChI is InChI=1S/C27H34N6O2S2/c1-5-33(6-2)14-8-11-18(4)28-19-17-22(30-27(34)35-7-3)29-26-23(19)31-24(20-12-9-15-36-20)25(32-26)21-13-10-16-37-21/h9-10,12-13,15-18H,5-8,11,14H2,1-4H3,(H2,28,29,30,32,34). The van der Waals surface area contributed by atoms with Gasteiger partial charge < -0.3 is 15.0 Å². The van der Waals surface area contributed by atoms with Crippen molar-refractivity contribution in [2.75, 3.05) is 36.9 Å². The van der Waals surface area contributed by atoms with Crippen molar-refractivity contribution in [3.8, 4) is 21.1 Å². The van der Waals surface area contributed by atoms with Gasteiger partial charge in [0.25, 0.3) is 0 Å². The van der Waals surface area contributed by atoms with E-state index in [0.717, 1.165) is 59.3 Å². The molecule has 37 heavy (non-hydrogen) atoms. The minimum atomic E-state index is -0.547. The molecule has 0 saturated heterocycles. The number of nitrogens with zero attached hydrogens (tertiary/aromatic N) is 4. The van der Waals surface area contributed by atoms with Crippen LogP contribution >= 0.6 is 22.7 Å². The Morgan fingerprint density at radius 3 is 2.30 bits per heavy atom. The lowest BCUT2D eigenvalue weighted by molar-refractivity contribution is 0.168. The third-order valence-corrected chi connectivity index (χ3v) is 7.82. The zero-order valence-corrected chi connectivity index (χ0v) is 23.4. The Balaban J connectivity index is 1.73. The molecule has 0 bridgehead atoms. The molecule has 0 aromatic carbocycles. The van der Waals surface area contributed by atoms with Gasteiger partial charge in [0.1, 0.15) is 22.7 Å². The smallest absolute Gasteiger partial charge is 0.412 e. The molecular formula is C27H34N6O2S2. The Morgan fingerprint density at radius 2 is 1.70 bits per heavy atom. The Kier molecular flexibility index (Phi) is 9.43. The topological polar surface area (TPSA) is 92.3 Å². The summed E-state index contributed by atoms with van der Waals surface area (Å²) in [6.45, 7) is 11.8. The predicted molar refractivity (Wildman–Crippen MR) is 155 cm³/mol. The highest BCUT2D eigenvalue weighted by molar-refractivity contribution is 7.14. The molecule has 4 aromatic rings. The number of anilines is 2. The normalized spacial score (nSPS) is 12.1. The summed E-state index contributed by atoms with van der Waals surface area (Å²) in [5.74, 6) is 0.374. The lowest BCUT2D eigenvalue weighted by atomic mass is 10.1. The fourth-order valence-corrected chi connectivity index (χ4v) is 5.58. The number of aromatic nitrogens is 3. The lowest BCUT2D eigenvalue weighted by Gasteiger charge is -2.21. The van der Waals surface area contributed by atoms with E-state index in [1.807, 2.05) is 35.0 Å². The fourth-order valence-electron chi connectivity index (χ4n) is 4.15. The molecule has 0 spiro atoms. The van der Waals surface area contributed by atoms with Crippen molar-refractivity contribution in [3.05, 3.63) is 41.1 Å². The molecule has 4 aromatic heterocycles. The van der Waals surface area contributed by atoms with Crippen LogP contribution in [0.4, 0.5) is 16.3 Å². The summed E-state index contributed by atoms with van der Waals surface area (Å²) in [6, 6.07) is 10.1. The molecule has 4 heterocycles. The second-order valence-corrected chi connectivity index (χ2v) is 10.6. The van der Waals surface area contributed by atoms with Gasteiger partial charge in [0.2, 0.25) is 0 Å². The van der Waals surface area contributed by atoms with Crippen LogP contribution in [0.3, 0.4) is 0 Å². The van der Waals surface area contributed by atoms with Crippen molar-refractivity contribution in [1.29, 1.82) is 0 Å². The Morgan fingerprint density at radius 1 is 1.03 bits per heavy atom. The number of amides is 1. The monoisotopic (exact) mass is 538 g/mol. The minimum absolute atomic E-state index is 0.195. The maximum absolute atomic E-state index is 12.2. The molecule has 0 aliphatic rings. The first-order valence-electron chi connectivity index (χ1n) is 12.8. The van der Waals surface area contributed by atoms with Crippen LogP contribution in [0.1, 0.15) is 40.5 Å². The number of carbonyl (C=O) groups is 1. The second-order valence-electron chi connectivity index (χ2n) is 8.66. The third-order valence-electron chi connectivity index (χ3n) is 6.06. The average molecular weight is 539 g/mol. The van der Waals surface area contributed by atoms with E-state index >= 15 is 0 Å². The van der Waals surface area contributed by atoms with Crippen LogP contribution in [0, 0.1) is 0 Å². The molecule has 0 radical (unpaired) electrons. The maximum atomic E-state index is 12.2. The number of hydrogen-bond donors (Lipinski definition) is 2. The van der Waals surface area contributed by atoms with E-state index in [-0.39, 0.29) is 12.6 Å². The van der Waals surface area contributed by atoms with Gasteiger partial charge in [-0.05, 0) is 69.2 Å². The van der Waals surface area contributed by atoms with Gasteiger partial charge in [0, 0.05) is 12.1 Å². The number of thiophene rings is 2. The largest absolute Gasteiger partial charge is 0.450 e. The molecule has 8 nitrogen and oxygen atoms in total. The molecule has 0 aliphatic carbocycles. The predicted octanol–water partition coefficient (Wildman–Crippen LogP) is 6.97. The van der Waals surface area contributed by atoms with Crippen molar-refractivity contribution in [3.63, 3.8) is 0 Å². The molecule has 1 unspecified atom stereocenters. The zero-order valence-electron chi connectivity index (χ0n) is 21.8. The minimum Gasteiger partial charge on any atom is -0.450 e. The number of ether oxygens (including phenoxy) is 1. The quantitative estimate of drug-likeness (QED) is 0.201. The molecule has 4 rings (SSSR count). The third kappa shape index (κ3) is 6.82. The highest BCUT2D eigenvalue weighted by Crippen LogP contribution is 2.37. The number of carbonyl (C=O) groups excluding carboxylic acids is 1. The average Bonchev–Trinajstić information content (AvgIpc) is 3.61. The highest BCUT2D eigenvalue weighted by Gasteiger charge is 2.19. The highest BCUT2D eigenvalue weighted by atomic mass is 32.1. The van der Waals surface area contributed by atoms with Crippen molar-refractivity contribution < 1.29 is 9.53 Å². The van der Waals surface area contributed by atoms with E-state index in [9.17, 15) is 4.79 Å². The number of fused-ring (bicyclic) bond motifs is 1. The summed E-state index contributed by atoms with van der Waals surface area (Å²) in [5.41, 5.74) is 3.54. The van der Waals surface area contributed by atoms with Crippen LogP contribution < -0.4 is 10.6 Å². The van der Waals surface area contributed by atoms with Gasteiger partial charge in [-0.1, -0.05) is 26.0 Å². The van der Waals surface area contributed by atoms with Gasteiger partial charge in [-0.3, -0.25) is 5.32 Å². The van der Waals surface area contributed by atoms with E-state index in [0.29, 0.717) is 17.0 Å². The van der Waals surface area contributed by atoms with Crippen molar-refractivity contribution in [2.24, 2.45) is 0 Å². The van der Waals surface area contributed by atoms with Gasteiger partial charge in [0.05, 0.1) is 22.0 Å². The van der Waals surface area contributed by atoms with Gasteiger partial charge in [-0.15, -0.1) is 22.7 Å². The zero-order chi connectivity index (χ0) is 26.2. The summed E-state index contributed by atoms with van der Waals surface area (Å²) >= 11 is 3.25. The molecule has 0 aliphatic heterocycles. The molecular weight excluding hydrogens is 504 g/mol. The van der Waals surface area contributed by atoms with Crippen LogP contribution in [0.15, 0.2) is 41.1 Å². The van der Waals surface area contributed by atoms with Crippen molar-refractivity contribution in [1.82, 2.24) is 19.9 Å². The van der Waals surface area contributed by atoms with Gasteiger partial charge >= 0.3 is 6.09 Å². The first-order valence-corrected chi connectivity index (χ1v) is 14.5. The summed E-state index contributed by atoms with van der Waals surface area (Å²) in [5, 5.41) is 10.4. The second kappa shape index (κ2) is 12.9. The van der Waals surface area contributed by atoms with Gasteiger partial charge in [-0.2, -0.15) is 0 Å². The van der Waals surface area contributed by atoms with Gasteiger partial charge in [-0.25, -0.2) is 19.7 Å². The fraction of sp³-hybridized carbons (Fsp3) is 0.407. The summed E-state index contributed by atoms with van der Waals surface area (Å²) < 4.78 is 5.08. The number of hydrogen-bond acceptors (Lipinski definition) is 9. The van der Waals surface area contributed by atoms with E-state index in [4.69, 9.17) is 14.7 Å². The van der Waals surface area contributed by atoms with Crippen LogP contribution in [-0.2, 0) is 4.74 Å². The molecule has 1 amide bonds. The number of rotatable bonds is 12. The van der Waals surface area contributed by atoms with E-state index < -0.39 is 6.09 Å². The Bertz CT molecular complexity index is 1290. The molecule has 1 atom stereocenters. The molecule has 0 fully saturated rings. The first kappa shape index (κ1) is 27.0. The summed E-state index contributed by atoms with van der Waals surface area (Å²) in [7, 11) is 0. The Labute approximate surface area is 226 Å². The Hall–Kier alpha value is -3.08. The van der Waals surface area contributed by atoms with Crippen LogP contribution in [0.2, 0.25) is 0 Å². The first-order chi connectivity index (χ1) is 18.0. The molecule has 2 N–H and O–H groups in total. The van der Waals surface area contributed by atoms with E-state index in [1.54, 1.807) is 29.6 Å². The number of pyridine rings is 1. The van der Waals surface area contributed by atoms with Crippen LogP contribution in [-0.4, -0.2) is 58.2 Å². The molecule has 196 valence electrons. The molecule has 10 heteroatoms. The maximum Gasteiger partial charge on any atom is 0.412 e.